The number of methoxy groups -OCH3 is 1. The van der Waals surface area contributed by atoms with Crippen LogP contribution in [0.15, 0.2) is 42.5 Å². The van der Waals surface area contributed by atoms with Crippen molar-refractivity contribution in [2.24, 2.45) is 5.73 Å². The molecule has 0 aliphatic carbocycles. The molecule has 0 bridgehead atoms. The van der Waals surface area contributed by atoms with Gasteiger partial charge in [0, 0.05) is 11.6 Å². The molecule has 2 rings (SSSR count). The lowest BCUT2D eigenvalue weighted by Gasteiger charge is -2.12. The molecule has 0 heterocycles. The molecule has 0 saturated heterocycles. The van der Waals surface area contributed by atoms with Crippen molar-refractivity contribution in [2.75, 3.05) is 7.11 Å². The maximum atomic E-state index is 10.8. The van der Waals surface area contributed by atoms with Crippen molar-refractivity contribution in [1.29, 1.82) is 0 Å². The highest BCUT2D eigenvalue weighted by Gasteiger charge is 2.09. The van der Waals surface area contributed by atoms with Gasteiger partial charge in [-0.15, -0.1) is 0 Å². The van der Waals surface area contributed by atoms with Gasteiger partial charge < -0.3 is 15.2 Å². The fourth-order valence-corrected chi connectivity index (χ4v) is 2.29. The molecule has 0 atom stereocenters. The minimum absolute atomic E-state index is 0.238. The molecule has 0 aliphatic heterocycles. The van der Waals surface area contributed by atoms with E-state index in [0.29, 0.717) is 21.5 Å². The summed E-state index contributed by atoms with van der Waals surface area (Å²) in [6.45, 7) is 0.238. The van der Waals surface area contributed by atoms with E-state index < -0.39 is 5.91 Å². The Balaban J connectivity index is 2.22. The zero-order chi connectivity index (χ0) is 16.8. The van der Waals surface area contributed by atoms with Crippen molar-refractivity contribution in [2.45, 2.75) is 6.61 Å². The second-order valence-electron chi connectivity index (χ2n) is 4.65. The van der Waals surface area contributed by atoms with E-state index >= 15 is 0 Å². The first kappa shape index (κ1) is 17.2. The van der Waals surface area contributed by atoms with E-state index in [0.717, 1.165) is 11.1 Å². The third-order valence-electron chi connectivity index (χ3n) is 3.04. The van der Waals surface area contributed by atoms with E-state index in [1.807, 2.05) is 12.1 Å². The Labute approximate surface area is 144 Å². The predicted octanol–water partition coefficient (Wildman–Crippen LogP) is 4.08. The van der Waals surface area contributed by atoms with Gasteiger partial charge in [0.25, 0.3) is 0 Å². The lowest BCUT2D eigenvalue weighted by atomic mass is 10.1. The molecule has 0 unspecified atom stereocenters. The van der Waals surface area contributed by atoms with E-state index in [4.69, 9.17) is 38.4 Å². The SMILES string of the molecule is COc1ccc(/C=C\C(N)=O)cc1COc1cccc(Cl)c1Cl. The summed E-state index contributed by atoms with van der Waals surface area (Å²) in [6.07, 6.45) is 2.91. The summed E-state index contributed by atoms with van der Waals surface area (Å²) in [7, 11) is 1.57. The largest absolute Gasteiger partial charge is 0.496 e. The highest BCUT2D eigenvalue weighted by atomic mass is 35.5. The molecule has 2 N–H and O–H groups in total. The summed E-state index contributed by atoms with van der Waals surface area (Å²) in [6, 6.07) is 10.6. The number of amides is 1. The Morgan fingerprint density at radius 1 is 1.22 bits per heavy atom. The average molecular weight is 352 g/mol. The van der Waals surface area contributed by atoms with Gasteiger partial charge in [0.1, 0.15) is 23.1 Å². The number of carbonyl (C=O) groups excluding carboxylic acids is 1. The van der Waals surface area contributed by atoms with Crippen LogP contribution >= 0.6 is 23.2 Å². The summed E-state index contributed by atoms with van der Waals surface area (Å²) < 4.78 is 11.0. The first-order valence-electron chi connectivity index (χ1n) is 6.72. The highest BCUT2D eigenvalue weighted by molar-refractivity contribution is 6.42. The highest BCUT2D eigenvalue weighted by Crippen LogP contribution is 2.32. The molecule has 2 aromatic carbocycles. The van der Waals surface area contributed by atoms with Gasteiger partial charge in [0.2, 0.25) is 5.91 Å². The molecular formula is C17H15Cl2NO3. The predicted molar refractivity (Wildman–Crippen MR) is 92.0 cm³/mol. The normalized spacial score (nSPS) is 10.7. The van der Waals surface area contributed by atoms with Crippen molar-refractivity contribution in [3.63, 3.8) is 0 Å². The minimum Gasteiger partial charge on any atom is -0.496 e. The maximum absolute atomic E-state index is 10.8. The molecule has 120 valence electrons. The van der Waals surface area contributed by atoms with Gasteiger partial charge in [-0.05, 0) is 35.9 Å². The maximum Gasteiger partial charge on any atom is 0.241 e. The summed E-state index contributed by atoms with van der Waals surface area (Å²) in [5.74, 6) is 0.642. The number of hydrogen-bond donors (Lipinski definition) is 1. The van der Waals surface area contributed by atoms with Crippen LogP contribution in [0.1, 0.15) is 11.1 Å². The lowest BCUT2D eigenvalue weighted by Crippen LogP contribution is -2.05. The van der Waals surface area contributed by atoms with Crippen LogP contribution in [0.3, 0.4) is 0 Å². The van der Waals surface area contributed by atoms with Crippen molar-refractivity contribution >= 4 is 35.2 Å². The Bertz CT molecular complexity index is 745. The fraction of sp³-hybridized carbons (Fsp3) is 0.118. The van der Waals surface area contributed by atoms with Crippen molar-refractivity contribution < 1.29 is 14.3 Å². The van der Waals surface area contributed by atoms with E-state index in [1.54, 1.807) is 37.5 Å². The van der Waals surface area contributed by atoms with Crippen LogP contribution in [-0.2, 0) is 11.4 Å². The molecule has 0 spiro atoms. The molecule has 0 fully saturated rings. The first-order valence-corrected chi connectivity index (χ1v) is 7.48. The lowest BCUT2D eigenvalue weighted by molar-refractivity contribution is -0.113. The first-order chi connectivity index (χ1) is 11.0. The number of halogens is 2. The molecule has 0 aliphatic rings. The zero-order valence-corrected chi connectivity index (χ0v) is 13.9. The second kappa shape index (κ2) is 7.90. The zero-order valence-electron chi connectivity index (χ0n) is 12.4. The van der Waals surface area contributed by atoms with Gasteiger partial charge in [-0.25, -0.2) is 0 Å². The van der Waals surface area contributed by atoms with Gasteiger partial charge in [-0.2, -0.15) is 0 Å². The standard InChI is InChI=1S/C17H15Cl2NO3/c1-22-14-7-5-11(6-8-16(20)21)9-12(14)10-23-15-4-2-3-13(18)17(15)19/h2-9H,10H2,1H3,(H2,20,21)/b8-6-. The van der Waals surface area contributed by atoms with Crippen LogP contribution in [0.2, 0.25) is 10.0 Å². The number of ether oxygens (including phenoxy) is 2. The number of benzene rings is 2. The topological polar surface area (TPSA) is 61.5 Å². The number of rotatable bonds is 6. The quantitative estimate of drug-likeness (QED) is 0.797. The smallest absolute Gasteiger partial charge is 0.241 e. The van der Waals surface area contributed by atoms with Gasteiger partial charge in [0.15, 0.2) is 0 Å². The molecule has 2 aromatic rings. The number of primary amides is 1. The molecule has 4 nitrogen and oxygen atoms in total. The molecule has 0 radical (unpaired) electrons. The van der Waals surface area contributed by atoms with E-state index in [-0.39, 0.29) is 6.61 Å². The van der Waals surface area contributed by atoms with Crippen molar-refractivity contribution in [3.05, 3.63) is 63.6 Å². The molecular weight excluding hydrogens is 337 g/mol. The molecule has 0 saturated carbocycles. The minimum atomic E-state index is -0.510. The summed E-state index contributed by atoms with van der Waals surface area (Å²) in [4.78, 5) is 10.8. The summed E-state index contributed by atoms with van der Waals surface area (Å²) in [5.41, 5.74) is 6.70. The molecule has 23 heavy (non-hydrogen) atoms. The Morgan fingerprint density at radius 2 is 2.00 bits per heavy atom. The van der Waals surface area contributed by atoms with Crippen LogP contribution in [0, 0.1) is 0 Å². The molecule has 0 aromatic heterocycles. The Hall–Kier alpha value is -2.17. The van der Waals surface area contributed by atoms with Crippen LogP contribution in [0.25, 0.3) is 6.08 Å². The van der Waals surface area contributed by atoms with Crippen LogP contribution in [0.5, 0.6) is 11.5 Å². The fourth-order valence-electron chi connectivity index (χ4n) is 1.94. The van der Waals surface area contributed by atoms with Gasteiger partial charge in [-0.3, -0.25) is 4.79 Å². The van der Waals surface area contributed by atoms with Crippen molar-refractivity contribution in [3.8, 4) is 11.5 Å². The third-order valence-corrected chi connectivity index (χ3v) is 3.85. The number of hydrogen-bond acceptors (Lipinski definition) is 3. The van der Waals surface area contributed by atoms with Crippen LogP contribution in [-0.4, -0.2) is 13.0 Å². The van der Waals surface area contributed by atoms with E-state index in [1.165, 1.54) is 6.08 Å². The van der Waals surface area contributed by atoms with E-state index in [9.17, 15) is 4.79 Å². The summed E-state index contributed by atoms with van der Waals surface area (Å²) in [5, 5.41) is 0.784. The van der Waals surface area contributed by atoms with Gasteiger partial charge in [0.05, 0.1) is 12.1 Å². The van der Waals surface area contributed by atoms with Crippen LogP contribution < -0.4 is 15.2 Å². The number of carbonyl (C=O) groups is 1. The summed E-state index contributed by atoms with van der Waals surface area (Å²) >= 11 is 12.1. The van der Waals surface area contributed by atoms with Crippen molar-refractivity contribution in [1.82, 2.24) is 0 Å². The Kier molecular flexibility index (Phi) is 5.90. The van der Waals surface area contributed by atoms with E-state index in [2.05, 4.69) is 0 Å². The monoisotopic (exact) mass is 351 g/mol. The Morgan fingerprint density at radius 3 is 2.70 bits per heavy atom. The number of nitrogens with two attached hydrogens (primary N) is 1. The molecule has 6 heteroatoms. The molecule has 1 amide bonds. The third kappa shape index (κ3) is 4.65. The van der Waals surface area contributed by atoms with Gasteiger partial charge >= 0.3 is 0 Å². The second-order valence-corrected chi connectivity index (χ2v) is 5.43. The van der Waals surface area contributed by atoms with Gasteiger partial charge in [-0.1, -0.05) is 35.3 Å². The average Bonchev–Trinajstić information content (AvgIpc) is 2.54. The van der Waals surface area contributed by atoms with Crippen LogP contribution in [0.4, 0.5) is 0 Å².